The number of esters is 1. The van der Waals surface area contributed by atoms with E-state index in [-0.39, 0.29) is 17.8 Å². The zero-order valence-electron chi connectivity index (χ0n) is 18.8. The standard InChI is InChI=1S/C25H26N2O5S/c1-16-21(24(29)31-14-13-30-3)22(27-23(28)17(2)33-25(27)26-16)19-9-11-20(12-10-19)32-15-18-7-5-4-6-8-18/h4-12,17,22H,13-15H2,1-3H3/t17-,22-/m1/s1. The van der Waals surface area contributed by atoms with Crippen LogP contribution in [-0.2, 0) is 25.7 Å². The molecule has 0 saturated carbocycles. The van der Waals surface area contributed by atoms with Crippen LogP contribution in [0.5, 0.6) is 5.75 Å². The highest BCUT2D eigenvalue weighted by atomic mass is 32.2. The van der Waals surface area contributed by atoms with E-state index < -0.39 is 12.0 Å². The zero-order valence-corrected chi connectivity index (χ0v) is 19.6. The Kier molecular flexibility index (Phi) is 7.15. The van der Waals surface area contributed by atoms with Crippen molar-refractivity contribution < 1.29 is 23.8 Å². The van der Waals surface area contributed by atoms with Gasteiger partial charge in [-0.2, -0.15) is 0 Å². The Morgan fingerprint density at radius 2 is 1.82 bits per heavy atom. The first kappa shape index (κ1) is 23.1. The monoisotopic (exact) mass is 466 g/mol. The van der Waals surface area contributed by atoms with Crippen molar-refractivity contribution in [3.8, 4) is 5.75 Å². The number of fused-ring (bicyclic) bond motifs is 1. The summed E-state index contributed by atoms with van der Waals surface area (Å²) in [6.07, 6.45) is 0. The summed E-state index contributed by atoms with van der Waals surface area (Å²) in [5.41, 5.74) is 2.77. The molecule has 0 aliphatic carbocycles. The highest BCUT2D eigenvalue weighted by molar-refractivity contribution is 8.15. The SMILES string of the molecule is COCCOC(=O)C1=C(C)N=C2S[C@H](C)C(=O)N2[C@@H]1c1ccc(OCc2ccccc2)cc1. The molecular formula is C25H26N2O5S. The number of thioether (sulfide) groups is 1. The van der Waals surface area contributed by atoms with Gasteiger partial charge in [0, 0.05) is 7.11 Å². The minimum Gasteiger partial charge on any atom is -0.489 e. The van der Waals surface area contributed by atoms with E-state index >= 15 is 0 Å². The van der Waals surface area contributed by atoms with Gasteiger partial charge >= 0.3 is 5.97 Å². The van der Waals surface area contributed by atoms with Gasteiger partial charge in [-0.3, -0.25) is 9.69 Å². The summed E-state index contributed by atoms with van der Waals surface area (Å²) in [7, 11) is 1.54. The first-order valence-corrected chi connectivity index (χ1v) is 11.6. The van der Waals surface area contributed by atoms with Crippen molar-refractivity contribution in [1.29, 1.82) is 0 Å². The van der Waals surface area contributed by atoms with E-state index in [1.807, 2.05) is 61.5 Å². The number of amidine groups is 1. The van der Waals surface area contributed by atoms with Crippen molar-refractivity contribution in [3.63, 3.8) is 0 Å². The van der Waals surface area contributed by atoms with Gasteiger partial charge in [-0.15, -0.1) is 0 Å². The van der Waals surface area contributed by atoms with Crippen LogP contribution in [0.2, 0.25) is 0 Å². The highest BCUT2D eigenvalue weighted by Gasteiger charge is 2.46. The van der Waals surface area contributed by atoms with Crippen molar-refractivity contribution in [1.82, 2.24) is 4.90 Å². The molecule has 1 saturated heterocycles. The fourth-order valence-corrected chi connectivity index (χ4v) is 4.79. The fourth-order valence-electron chi connectivity index (χ4n) is 3.76. The summed E-state index contributed by atoms with van der Waals surface area (Å²) in [6, 6.07) is 16.8. The number of ether oxygens (including phenoxy) is 3. The average molecular weight is 467 g/mol. The Hall–Kier alpha value is -3.10. The van der Waals surface area contributed by atoms with Gasteiger partial charge in [-0.05, 0) is 37.1 Å². The number of allylic oxidation sites excluding steroid dienone is 1. The minimum absolute atomic E-state index is 0.0807. The van der Waals surface area contributed by atoms with Crippen molar-refractivity contribution in [3.05, 3.63) is 77.0 Å². The summed E-state index contributed by atoms with van der Waals surface area (Å²) in [5.74, 6) is 0.120. The molecule has 4 rings (SSSR count). The maximum Gasteiger partial charge on any atom is 0.338 e. The number of amides is 1. The summed E-state index contributed by atoms with van der Waals surface area (Å²) < 4.78 is 16.3. The minimum atomic E-state index is -0.610. The second-order valence-electron chi connectivity index (χ2n) is 7.74. The Labute approximate surface area is 197 Å². The van der Waals surface area contributed by atoms with Gasteiger partial charge in [0.25, 0.3) is 0 Å². The summed E-state index contributed by atoms with van der Waals surface area (Å²) in [4.78, 5) is 32.1. The van der Waals surface area contributed by atoms with Crippen LogP contribution in [0.25, 0.3) is 0 Å². The number of hydrogen-bond acceptors (Lipinski definition) is 7. The maximum absolute atomic E-state index is 13.0. The molecule has 0 aromatic heterocycles. The number of methoxy groups -OCH3 is 1. The van der Waals surface area contributed by atoms with E-state index in [0.717, 1.165) is 11.1 Å². The van der Waals surface area contributed by atoms with E-state index in [0.29, 0.717) is 35.4 Å². The molecule has 2 aliphatic heterocycles. The topological polar surface area (TPSA) is 77.4 Å². The number of benzene rings is 2. The predicted octanol–water partition coefficient (Wildman–Crippen LogP) is 4.10. The molecule has 172 valence electrons. The van der Waals surface area contributed by atoms with Crippen LogP contribution in [0, 0.1) is 0 Å². The normalized spacial score (nSPS) is 19.9. The number of carbonyl (C=O) groups excluding carboxylic acids is 2. The molecule has 33 heavy (non-hydrogen) atoms. The van der Waals surface area contributed by atoms with Crippen LogP contribution in [0.1, 0.15) is 31.0 Å². The summed E-state index contributed by atoms with van der Waals surface area (Å²) >= 11 is 1.40. The van der Waals surface area contributed by atoms with Gasteiger partial charge in [-0.1, -0.05) is 54.2 Å². The molecule has 0 spiro atoms. The number of nitrogens with zero attached hydrogens (tertiary/aromatic N) is 2. The van der Waals surface area contributed by atoms with E-state index in [1.165, 1.54) is 11.8 Å². The van der Waals surface area contributed by atoms with Gasteiger partial charge in [-0.25, -0.2) is 9.79 Å². The van der Waals surface area contributed by atoms with Crippen LogP contribution in [-0.4, -0.2) is 47.5 Å². The lowest BCUT2D eigenvalue weighted by atomic mass is 9.94. The van der Waals surface area contributed by atoms with E-state index in [4.69, 9.17) is 14.2 Å². The number of rotatable bonds is 8. The molecule has 0 N–H and O–H groups in total. The predicted molar refractivity (Wildman–Crippen MR) is 127 cm³/mol. The van der Waals surface area contributed by atoms with Gasteiger partial charge < -0.3 is 14.2 Å². The Morgan fingerprint density at radius 3 is 2.52 bits per heavy atom. The van der Waals surface area contributed by atoms with Gasteiger partial charge in [0.05, 0.1) is 29.2 Å². The van der Waals surface area contributed by atoms with Crippen molar-refractivity contribution in [2.24, 2.45) is 4.99 Å². The smallest absolute Gasteiger partial charge is 0.338 e. The highest BCUT2D eigenvalue weighted by Crippen LogP contribution is 2.43. The third-order valence-corrected chi connectivity index (χ3v) is 6.50. The Balaban J connectivity index is 1.61. The zero-order chi connectivity index (χ0) is 23.4. The maximum atomic E-state index is 13.0. The van der Waals surface area contributed by atoms with Crippen molar-refractivity contribution in [2.45, 2.75) is 31.7 Å². The van der Waals surface area contributed by atoms with Gasteiger partial charge in [0.1, 0.15) is 19.0 Å². The average Bonchev–Trinajstić information content (AvgIpc) is 3.10. The molecular weight excluding hydrogens is 440 g/mol. The third-order valence-electron chi connectivity index (χ3n) is 5.44. The molecule has 0 unspecified atom stereocenters. The quantitative estimate of drug-likeness (QED) is 0.431. The molecule has 2 atom stereocenters. The van der Waals surface area contributed by atoms with Crippen LogP contribution in [0.3, 0.4) is 0 Å². The molecule has 2 aromatic carbocycles. The summed E-state index contributed by atoms with van der Waals surface area (Å²) in [5, 5.41) is 0.337. The second-order valence-corrected chi connectivity index (χ2v) is 9.04. The third kappa shape index (κ3) is 4.96. The number of carbonyl (C=O) groups is 2. The van der Waals surface area contributed by atoms with Crippen molar-refractivity contribution in [2.75, 3.05) is 20.3 Å². The first-order chi connectivity index (χ1) is 16.0. The molecule has 1 amide bonds. The van der Waals surface area contributed by atoms with Crippen LogP contribution < -0.4 is 4.74 Å². The Morgan fingerprint density at radius 1 is 1.09 bits per heavy atom. The largest absolute Gasteiger partial charge is 0.489 e. The molecule has 1 fully saturated rings. The molecule has 2 aromatic rings. The first-order valence-electron chi connectivity index (χ1n) is 10.7. The second kappa shape index (κ2) is 10.2. The lowest BCUT2D eigenvalue weighted by Gasteiger charge is -2.33. The molecule has 0 bridgehead atoms. The number of hydrogen-bond donors (Lipinski definition) is 0. The lowest BCUT2D eigenvalue weighted by molar-refractivity contribution is -0.141. The van der Waals surface area contributed by atoms with E-state index in [2.05, 4.69) is 4.99 Å². The Bertz CT molecular complexity index is 1080. The van der Waals surface area contributed by atoms with E-state index in [1.54, 1.807) is 18.9 Å². The fraction of sp³-hybridized carbons (Fsp3) is 0.320. The van der Waals surface area contributed by atoms with Crippen molar-refractivity contribution >= 4 is 28.8 Å². The molecule has 8 heteroatoms. The van der Waals surface area contributed by atoms with Gasteiger partial charge in [0.2, 0.25) is 5.91 Å². The van der Waals surface area contributed by atoms with Gasteiger partial charge in [0.15, 0.2) is 5.17 Å². The van der Waals surface area contributed by atoms with Crippen LogP contribution in [0.4, 0.5) is 0 Å². The molecule has 2 aliphatic rings. The van der Waals surface area contributed by atoms with E-state index in [9.17, 15) is 9.59 Å². The van der Waals surface area contributed by atoms with Crippen LogP contribution >= 0.6 is 11.8 Å². The number of aliphatic imine (C=N–C) groups is 1. The molecule has 2 heterocycles. The summed E-state index contributed by atoms with van der Waals surface area (Å²) in [6.45, 7) is 4.49. The lowest BCUT2D eigenvalue weighted by Crippen LogP contribution is -2.40. The molecule has 0 radical (unpaired) electrons. The molecule has 7 nitrogen and oxygen atoms in total. The van der Waals surface area contributed by atoms with Crippen LogP contribution in [0.15, 0.2) is 70.9 Å².